The summed E-state index contributed by atoms with van der Waals surface area (Å²) in [7, 11) is 0. The SMILES string of the molecule is CC1CCCC2(CSC(=NCCc3ccc(F)cc3)N2)C1. The first kappa shape index (κ1) is 14.9. The molecule has 1 aliphatic heterocycles. The van der Waals surface area contributed by atoms with E-state index in [1.807, 2.05) is 23.9 Å². The van der Waals surface area contributed by atoms with E-state index in [2.05, 4.69) is 12.2 Å². The third-order valence-corrected chi connectivity index (χ3v) is 5.72. The van der Waals surface area contributed by atoms with Crippen LogP contribution in [0.25, 0.3) is 0 Å². The van der Waals surface area contributed by atoms with E-state index in [9.17, 15) is 4.39 Å². The van der Waals surface area contributed by atoms with Crippen molar-refractivity contribution in [2.75, 3.05) is 12.3 Å². The molecule has 1 saturated heterocycles. The Morgan fingerprint density at radius 1 is 1.38 bits per heavy atom. The average molecular weight is 306 g/mol. The van der Waals surface area contributed by atoms with Gasteiger partial charge in [0.2, 0.25) is 0 Å². The zero-order chi connectivity index (χ0) is 14.7. The molecule has 0 amide bonds. The third-order valence-electron chi connectivity index (χ3n) is 4.52. The molecule has 3 rings (SSSR count). The van der Waals surface area contributed by atoms with E-state index in [-0.39, 0.29) is 5.82 Å². The lowest BCUT2D eigenvalue weighted by molar-refractivity contribution is 0.242. The normalized spacial score (nSPS) is 30.8. The molecule has 2 unspecified atom stereocenters. The topological polar surface area (TPSA) is 24.4 Å². The highest BCUT2D eigenvalue weighted by Crippen LogP contribution is 2.38. The standard InChI is InChI=1S/C17H23FN2S/c1-13-3-2-9-17(11-13)12-21-16(20-17)19-10-8-14-4-6-15(18)7-5-14/h4-7,13H,2-3,8-12H2,1H3,(H,19,20). The van der Waals surface area contributed by atoms with Crippen molar-refractivity contribution in [2.24, 2.45) is 10.9 Å². The molecule has 2 atom stereocenters. The van der Waals surface area contributed by atoms with Crippen LogP contribution in [-0.2, 0) is 6.42 Å². The zero-order valence-electron chi connectivity index (χ0n) is 12.6. The molecule has 21 heavy (non-hydrogen) atoms. The Kier molecular flexibility index (Phi) is 4.53. The highest BCUT2D eigenvalue weighted by molar-refractivity contribution is 8.14. The predicted molar refractivity (Wildman–Crippen MR) is 88.4 cm³/mol. The third kappa shape index (κ3) is 3.79. The summed E-state index contributed by atoms with van der Waals surface area (Å²) < 4.78 is 12.8. The molecule has 1 N–H and O–H groups in total. The fourth-order valence-electron chi connectivity index (χ4n) is 3.43. The van der Waals surface area contributed by atoms with Gasteiger partial charge in [0.1, 0.15) is 5.82 Å². The van der Waals surface area contributed by atoms with Gasteiger partial charge in [-0.2, -0.15) is 0 Å². The molecule has 1 aliphatic carbocycles. The van der Waals surface area contributed by atoms with Crippen molar-refractivity contribution in [3.05, 3.63) is 35.6 Å². The van der Waals surface area contributed by atoms with Gasteiger partial charge in [0.05, 0.1) is 0 Å². The van der Waals surface area contributed by atoms with Gasteiger partial charge in [-0.3, -0.25) is 4.99 Å². The fraction of sp³-hybridized carbons (Fsp3) is 0.588. The van der Waals surface area contributed by atoms with E-state index in [1.54, 1.807) is 0 Å². The smallest absolute Gasteiger partial charge is 0.157 e. The fourth-order valence-corrected chi connectivity index (χ4v) is 4.65. The summed E-state index contributed by atoms with van der Waals surface area (Å²) >= 11 is 1.87. The summed E-state index contributed by atoms with van der Waals surface area (Å²) in [6.45, 7) is 3.13. The van der Waals surface area contributed by atoms with E-state index < -0.39 is 0 Å². The molecule has 1 saturated carbocycles. The van der Waals surface area contributed by atoms with Gasteiger partial charge in [-0.1, -0.05) is 43.7 Å². The van der Waals surface area contributed by atoms with Crippen LogP contribution in [0.15, 0.2) is 29.3 Å². The van der Waals surface area contributed by atoms with Crippen molar-refractivity contribution in [1.82, 2.24) is 5.32 Å². The molecule has 2 fully saturated rings. The lowest BCUT2D eigenvalue weighted by Crippen LogP contribution is -2.47. The number of hydrogen-bond acceptors (Lipinski definition) is 2. The Labute approximate surface area is 130 Å². The Balaban J connectivity index is 1.52. The molecule has 2 aliphatic rings. The van der Waals surface area contributed by atoms with E-state index in [1.165, 1.54) is 37.8 Å². The van der Waals surface area contributed by atoms with Crippen LogP contribution in [0.5, 0.6) is 0 Å². The van der Waals surface area contributed by atoms with Crippen molar-refractivity contribution >= 4 is 16.9 Å². The van der Waals surface area contributed by atoms with E-state index >= 15 is 0 Å². The molecule has 114 valence electrons. The molecular formula is C17H23FN2S. The number of thioether (sulfide) groups is 1. The predicted octanol–water partition coefficient (Wildman–Crippen LogP) is 4.01. The second kappa shape index (κ2) is 6.39. The van der Waals surface area contributed by atoms with Crippen molar-refractivity contribution in [2.45, 2.75) is 44.6 Å². The molecule has 1 spiro atoms. The maximum Gasteiger partial charge on any atom is 0.157 e. The summed E-state index contributed by atoms with van der Waals surface area (Å²) in [5, 5.41) is 4.79. The molecular weight excluding hydrogens is 283 g/mol. The van der Waals surface area contributed by atoms with E-state index in [0.29, 0.717) is 5.54 Å². The number of nitrogens with one attached hydrogen (secondary N) is 1. The van der Waals surface area contributed by atoms with Gasteiger partial charge in [0, 0.05) is 17.8 Å². The van der Waals surface area contributed by atoms with Gasteiger partial charge in [-0.15, -0.1) is 0 Å². The minimum absolute atomic E-state index is 0.175. The number of halogens is 1. The van der Waals surface area contributed by atoms with Crippen LogP contribution in [0.1, 0.15) is 38.2 Å². The largest absolute Gasteiger partial charge is 0.359 e. The number of nitrogens with zero attached hydrogens (tertiary/aromatic N) is 1. The number of benzene rings is 1. The van der Waals surface area contributed by atoms with Crippen molar-refractivity contribution < 1.29 is 4.39 Å². The molecule has 0 bridgehead atoms. The number of hydrogen-bond donors (Lipinski definition) is 1. The maximum absolute atomic E-state index is 12.8. The molecule has 1 aromatic carbocycles. The van der Waals surface area contributed by atoms with Crippen LogP contribution in [0.2, 0.25) is 0 Å². The minimum atomic E-state index is -0.175. The lowest BCUT2D eigenvalue weighted by Gasteiger charge is -2.36. The second-order valence-electron chi connectivity index (χ2n) is 6.46. The van der Waals surface area contributed by atoms with Crippen LogP contribution >= 0.6 is 11.8 Å². The highest BCUT2D eigenvalue weighted by Gasteiger charge is 2.40. The molecule has 2 nitrogen and oxygen atoms in total. The molecule has 0 radical (unpaired) electrons. The van der Waals surface area contributed by atoms with E-state index in [0.717, 1.165) is 35.4 Å². The first-order valence-electron chi connectivity index (χ1n) is 7.85. The first-order valence-corrected chi connectivity index (χ1v) is 8.84. The summed E-state index contributed by atoms with van der Waals surface area (Å²) in [6, 6.07) is 6.72. The lowest BCUT2D eigenvalue weighted by atomic mass is 9.78. The van der Waals surface area contributed by atoms with Crippen LogP contribution in [-0.4, -0.2) is 23.0 Å². The van der Waals surface area contributed by atoms with E-state index in [4.69, 9.17) is 4.99 Å². The second-order valence-corrected chi connectivity index (χ2v) is 7.42. The van der Waals surface area contributed by atoms with Crippen LogP contribution in [0, 0.1) is 11.7 Å². The Bertz CT molecular complexity index is 514. The van der Waals surface area contributed by atoms with Crippen LogP contribution in [0.4, 0.5) is 4.39 Å². The number of amidine groups is 1. The van der Waals surface area contributed by atoms with Gasteiger partial charge >= 0.3 is 0 Å². The Hall–Kier alpha value is -1.03. The average Bonchev–Trinajstić information content (AvgIpc) is 2.83. The molecule has 4 heteroatoms. The summed E-state index contributed by atoms with van der Waals surface area (Å²) in [5.41, 5.74) is 1.45. The Morgan fingerprint density at radius 2 is 2.19 bits per heavy atom. The van der Waals surface area contributed by atoms with Gasteiger partial charge in [-0.25, -0.2) is 4.39 Å². The molecule has 1 heterocycles. The van der Waals surface area contributed by atoms with Crippen molar-refractivity contribution in [3.63, 3.8) is 0 Å². The summed E-state index contributed by atoms with van der Waals surface area (Å²) in [4.78, 5) is 4.69. The molecule has 1 aromatic rings. The van der Waals surface area contributed by atoms with Gasteiger partial charge in [-0.05, 0) is 42.9 Å². The quantitative estimate of drug-likeness (QED) is 0.912. The highest BCUT2D eigenvalue weighted by atomic mass is 32.2. The van der Waals surface area contributed by atoms with Gasteiger partial charge in [0.25, 0.3) is 0 Å². The maximum atomic E-state index is 12.8. The minimum Gasteiger partial charge on any atom is -0.359 e. The molecule has 0 aromatic heterocycles. The monoisotopic (exact) mass is 306 g/mol. The summed E-state index contributed by atoms with van der Waals surface area (Å²) in [6.07, 6.45) is 6.12. The first-order chi connectivity index (χ1) is 10.2. The zero-order valence-corrected chi connectivity index (χ0v) is 13.4. The van der Waals surface area contributed by atoms with Gasteiger partial charge in [0.15, 0.2) is 5.17 Å². The Morgan fingerprint density at radius 3 is 2.95 bits per heavy atom. The van der Waals surface area contributed by atoms with Crippen molar-refractivity contribution in [3.8, 4) is 0 Å². The number of rotatable bonds is 3. The van der Waals surface area contributed by atoms with Crippen LogP contribution in [0.3, 0.4) is 0 Å². The van der Waals surface area contributed by atoms with Crippen molar-refractivity contribution in [1.29, 1.82) is 0 Å². The van der Waals surface area contributed by atoms with Crippen LogP contribution < -0.4 is 5.32 Å². The van der Waals surface area contributed by atoms with Gasteiger partial charge < -0.3 is 5.32 Å². The summed E-state index contributed by atoms with van der Waals surface area (Å²) in [5.74, 6) is 1.81. The number of aliphatic imine (C=N–C) groups is 1.